The quantitative estimate of drug-likeness (QED) is 0.825. The SMILES string of the molecule is CC(=O)C(CC(C)C)NC(=O)c1cnc(-c2cc(F)cc(Cl)c2)s1. The summed E-state index contributed by atoms with van der Waals surface area (Å²) < 4.78 is 13.4. The maximum absolute atomic E-state index is 13.4. The molecule has 0 bridgehead atoms. The van der Waals surface area contributed by atoms with Crippen LogP contribution in [-0.2, 0) is 4.79 Å². The number of hydrogen-bond donors (Lipinski definition) is 1. The Morgan fingerprint density at radius 1 is 1.33 bits per heavy atom. The van der Waals surface area contributed by atoms with Crippen LogP contribution in [0, 0.1) is 11.7 Å². The maximum Gasteiger partial charge on any atom is 0.263 e. The smallest absolute Gasteiger partial charge is 0.263 e. The molecule has 1 heterocycles. The first-order chi connectivity index (χ1) is 11.3. The molecule has 0 aliphatic heterocycles. The molecule has 1 N–H and O–H groups in total. The van der Waals surface area contributed by atoms with E-state index >= 15 is 0 Å². The van der Waals surface area contributed by atoms with Gasteiger partial charge in [-0.3, -0.25) is 9.59 Å². The predicted molar refractivity (Wildman–Crippen MR) is 93.9 cm³/mol. The summed E-state index contributed by atoms with van der Waals surface area (Å²) >= 11 is 6.97. The number of aromatic nitrogens is 1. The fraction of sp³-hybridized carbons (Fsp3) is 0.353. The van der Waals surface area contributed by atoms with E-state index in [1.165, 1.54) is 25.3 Å². The monoisotopic (exact) mass is 368 g/mol. The van der Waals surface area contributed by atoms with Gasteiger partial charge >= 0.3 is 0 Å². The van der Waals surface area contributed by atoms with Gasteiger partial charge in [-0.25, -0.2) is 9.37 Å². The average molecular weight is 369 g/mol. The summed E-state index contributed by atoms with van der Waals surface area (Å²) in [4.78, 5) is 28.5. The summed E-state index contributed by atoms with van der Waals surface area (Å²) in [5.74, 6) is -0.626. The number of amides is 1. The van der Waals surface area contributed by atoms with Crippen LogP contribution in [-0.4, -0.2) is 22.7 Å². The molecule has 24 heavy (non-hydrogen) atoms. The highest BCUT2D eigenvalue weighted by atomic mass is 35.5. The fourth-order valence-electron chi connectivity index (χ4n) is 2.22. The Hall–Kier alpha value is -1.79. The molecule has 0 spiro atoms. The molecule has 2 rings (SSSR count). The Morgan fingerprint density at radius 2 is 2.04 bits per heavy atom. The van der Waals surface area contributed by atoms with E-state index in [-0.39, 0.29) is 22.6 Å². The summed E-state index contributed by atoms with van der Waals surface area (Å²) in [6.45, 7) is 5.43. The number of nitrogens with one attached hydrogen (secondary N) is 1. The lowest BCUT2D eigenvalue weighted by Gasteiger charge is -2.17. The summed E-state index contributed by atoms with van der Waals surface area (Å²) in [7, 11) is 0. The molecule has 1 aromatic heterocycles. The van der Waals surface area contributed by atoms with Gasteiger partial charge in [-0.2, -0.15) is 0 Å². The number of hydrogen-bond acceptors (Lipinski definition) is 4. The molecule has 1 aromatic carbocycles. The van der Waals surface area contributed by atoms with E-state index in [4.69, 9.17) is 11.6 Å². The second kappa shape index (κ2) is 7.85. The summed E-state index contributed by atoms with van der Waals surface area (Å²) in [5.41, 5.74) is 0.509. The number of nitrogens with zero attached hydrogens (tertiary/aromatic N) is 1. The molecule has 1 unspecified atom stereocenters. The second-order valence-electron chi connectivity index (χ2n) is 5.95. The number of carbonyl (C=O) groups excluding carboxylic acids is 2. The van der Waals surface area contributed by atoms with Crippen LogP contribution >= 0.6 is 22.9 Å². The van der Waals surface area contributed by atoms with Crippen LogP contribution < -0.4 is 5.32 Å². The van der Waals surface area contributed by atoms with E-state index < -0.39 is 11.9 Å². The molecule has 128 valence electrons. The summed E-state index contributed by atoms with van der Waals surface area (Å²) in [6, 6.07) is 3.58. The van der Waals surface area contributed by atoms with Crippen LogP contribution in [0.5, 0.6) is 0 Å². The highest BCUT2D eigenvalue weighted by molar-refractivity contribution is 7.16. The van der Waals surface area contributed by atoms with Gasteiger partial charge in [0, 0.05) is 10.6 Å². The normalized spacial score (nSPS) is 12.2. The molecule has 1 atom stereocenters. The molecular weight excluding hydrogens is 351 g/mol. The number of rotatable bonds is 6. The number of benzene rings is 1. The number of thiazole rings is 1. The zero-order valence-electron chi connectivity index (χ0n) is 13.6. The first-order valence-electron chi connectivity index (χ1n) is 7.50. The molecule has 7 heteroatoms. The van der Waals surface area contributed by atoms with Crippen molar-refractivity contribution in [1.82, 2.24) is 10.3 Å². The largest absolute Gasteiger partial charge is 0.341 e. The van der Waals surface area contributed by atoms with E-state index in [1.807, 2.05) is 13.8 Å². The lowest BCUT2D eigenvalue weighted by atomic mass is 10.0. The van der Waals surface area contributed by atoms with E-state index in [0.29, 0.717) is 21.9 Å². The fourth-order valence-corrected chi connectivity index (χ4v) is 3.25. The van der Waals surface area contributed by atoms with Gasteiger partial charge in [0.15, 0.2) is 5.78 Å². The van der Waals surface area contributed by atoms with E-state index in [2.05, 4.69) is 10.3 Å². The first kappa shape index (κ1) is 18.5. The highest BCUT2D eigenvalue weighted by Crippen LogP contribution is 2.28. The Labute approximate surface area is 149 Å². The van der Waals surface area contributed by atoms with Crippen molar-refractivity contribution in [1.29, 1.82) is 0 Å². The zero-order valence-corrected chi connectivity index (χ0v) is 15.2. The third-order valence-electron chi connectivity index (χ3n) is 3.34. The van der Waals surface area contributed by atoms with Gasteiger partial charge in [-0.1, -0.05) is 25.4 Å². The van der Waals surface area contributed by atoms with Crippen molar-refractivity contribution in [2.75, 3.05) is 0 Å². The zero-order chi connectivity index (χ0) is 17.9. The number of Topliss-reactive ketones (excluding diaryl/α,β-unsaturated/α-hetero) is 1. The lowest BCUT2D eigenvalue weighted by Crippen LogP contribution is -2.40. The van der Waals surface area contributed by atoms with Crippen LogP contribution in [0.25, 0.3) is 10.6 Å². The van der Waals surface area contributed by atoms with Gasteiger partial charge in [-0.15, -0.1) is 11.3 Å². The van der Waals surface area contributed by atoms with Crippen molar-refractivity contribution in [2.24, 2.45) is 5.92 Å². The Morgan fingerprint density at radius 3 is 2.62 bits per heavy atom. The second-order valence-corrected chi connectivity index (χ2v) is 7.42. The standard InChI is InChI=1S/C17H18ClFN2O2S/c1-9(2)4-14(10(3)22)21-16(23)15-8-20-17(24-15)11-5-12(18)7-13(19)6-11/h5-9,14H,4H2,1-3H3,(H,21,23). The Balaban J connectivity index is 2.17. The molecule has 2 aromatic rings. The Kier molecular flexibility index (Phi) is 6.07. The molecule has 4 nitrogen and oxygen atoms in total. The van der Waals surface area contributed by atoms with Gasteiger partial charge < -0.3 is 5.32 Å². The van der Waals surface area contributed by atoms with Gasteiger partial charge in [0.05, 0.1) is 12.2 Å². The van der Waals surface area contributed by atoms with Crippen LogP contribution in [0.2, 0.25) is 5.02 Å². The minimum Gasteiger partial charge on any atom is -0.341 e. The topological polar surface area (TPSA) is 59.1 Å². The van der Waals surface area contributed by atoms with Gasteiger partial charge in [0.2, 0.25) is 0 Å². The van der Waals surface area contributed by atoms with Crippen molar-refractivity contribution < 1.29 is 14.0 Å². The van der Waals surface area contributed by atoms with Crippen molar-refractivity contribution in [3.8, 4) is 10.6 Å². The number of ketones is 1. The molecule has 0 aliphatic carbocycles. The van der Waals surface area contributed by atoms with E-state index in [9.17, 15) is 14.0 Å². The first-order valence-corrected chi connectivity index (χ1v) is 8.69. The van der Waals surface area contributed by atoms with Crippen LogP contribution in [0.1, 0.15) is 36.9 Å². The van der Waals surface area contributed by atoms with Gasteiger partial charge in [-0.05, 0) is 37.5 Å². The average Bonchev–Trinajstić information content (AvgIpc) is 2.94. The van der Waals surface area contributed by atoms with Crippen LogP contribution in [0.3, 0.4) is 0 Å². The van der Waals surface area contributed by atoms with Gasteiger partial charge in [0.25, 0.3) is 5.91 Å². The molecular formula is C17H18ClFN2O2S. The third kappa shape index (κ3) is 4.85. The molecule has 0 saturated heterocycles. The number of halogens is 2. The van der Waals surface area contributed by atoms with Gasteiger partial charge in [0.1, 0.15) is 15.7 Å². The van der Waals surface area contributed by atoms with Crippen molar-refractivity contribution in [3.05, 3.63) is 40.1 Å². The molecule has 0 fully saturated rings. The van der Waals surface area contributed by atoms with Crippen LogP contribution in [0.4, 0.5) is 4.39 Å². The van der Waals surface area contributed by atoms with E-state index in [0.717, 1.165) is 11.3 Å². The predicted octanol–water partition coefficient (Wildman–Crippen LogP) is 4.34. The van der Waals surface area contributed by atoms with Crippen molar-refractivity contribution in [3.63, 3.8) is 0 Å². The van der Waals surface area contributed by atoms with E-state index in [1.54, 1.807) is 6.07 Å². The van der Waals surface area contributed by atoms with Crippen LogP contribution in [0.15, 0.2) is 24.4 Å². The molecule has 0 radical (unpaired) electrons. The Bertz CT molecular complexity index is 741. The highest BCUT2D eigenvalue weighted by Gasteiger charge is 2.21. The third-order valence-corrected chi connectivity index (χ3v) is 4.61. The lowest BCUT2D eigenvalue weighted by molar-refractivity contribution is -0.119. The minimum atomic E-state index is -0.522. The summed E-state index contributed by atoms with van der Waals surface area (Å²) in [6.07, 6.45) is 1.99. The number of carbonyl (C=O) groups is 2. The maximum atomic E-state index is 13.4. The van der Waals surface area contributed by atoms with Crippen molar-refractivity contribution >= 4 is 34.6 Å². The van der Waals surface area contributed by atoms with Crippen molar-refractivity contribution in [2.45, 2.75) is 33.2 Å². The molecule has 0 saturated carbocycles. The molecule has 1 amide bonds. The minimum absolute atomic E-state index is 0.0845. The molecule has 0 aliphatic rings. The summed E-state index contributed by atoms with van der Waals surface area (Å²) in [5, 5.41) is 3.49.